The van der Waals surface area contributed by atoms with Crippen LogP contribution < -0.4 is 10.9 Å². The molecular formula is C20H18N6O2. The van der Waals surface area contributed by atoms with Gasteiger partial charge in [0.15, 0.2) is 5.65 Å². The van der Waals surface area contributed by atoms with Gasteiger partial charge in [-0.1, -0.05) is 17.7 Å². The molecule has 140 valence electrons. The summed E-state index contributed by atoms with van der Waals surface area (Å²) in [4.78, 5) is 33.1. The third-order valence-corrected chi connectivity index (χ3v) is 4.36. The van der Waals surface area contributed by atoms with Gasteiger partial charge in [-0.25, -0.2) is 9.67 Å². The minimum absolute atomic E-state index is 0.147. The number of aryl methyl sites for hydroxylation is 2. The number of carbonyl (C=O) groups excluding carboxylic acids is 1. The highest BCUT2D eigenvalue weighted by Gasteiger charge is 2.12. The van der Waals surface area contributed by atoms with Crippen LogP contribution in [0.25, 0.3) is 16.7 Å². The lowest BCUT2D eigenvalue weighted by Gasteiger charge is -2.07. The Labute approximate surface area is 160 Å². The molecular weight excluding hydrogens is 356 g/mol. The number of rotatable bonds is 5. The highest BCUT2D eigenvalue weighted by Crippen LogP contribution is 2.14. The second kappa shape index (κ2) is 7.43. The van der Waals surface area contributed by atoms with Crippen LogP contribution in [-0.2, 0) is 11.3 Å². The maximum Gasteiger partial charge on any atom is 0.264 e. The van der Waals surface area contributed by atoms with Crippen molar-refractivity contribution in [1.29, 1.82) is 0 Å². The molecule has 0 saturated heterocycles. The molecule has 1 aromatic carbocycles. The first-order valence-corrected chi connectivity index (χ1v) is 8.82. The van der Waals surface area contributed by atoms with E-state index in [1.165, 1.54) is 17.1 Å². The number of nitrogens with one attached hydrogen (secondary N) is 1. The number of anilines is 1. The summed E-state index contributed by atoms with van der Waals surface area (Å²) in [6.45, 7) is 2.23. The van der Waals surface area contributed by atoms with E-state index in [-0.39, 0.29) is 24.4 Å². The topological polar surface area (TPSA) is 94.7 Å². The van der Waals surface area contributed by atoms with E-state index in [1.807, 2.05) is 31.2 Å². The molecule has 0 aliphatic heterocycles. The quantitative estimate of drug-likeness (QED) is 0.578. The van der Waals surface area contributed by atoms with Gasteiger partial charge in [0.05, 0.1) is 30.1 Å². The first-order chi connectivity index (χ1) is 13.6. The molecule has 0 bridgehead atoms. The molecule has 0 spiro atoms. The van der Waals surface area contributed by atoms with Gasteiger partial charge in [-0.05, 0) is 31.2 Å². The van der Waals surface area contributed by atoms with Crippen LogP contribution in [-0.4, -0.2) is 30.2 Å². The van der Waals surface area contributed by atoms with Crippen LogP contribution >= 0.6 is 0 Å². The van der Waals surface area contributed by atoms with E-state index in [0.29, 0.717) is 16.7 Å². The van der Waals surface area contributed by atoms with Crippen molar-refractivity contribution in [2.75, 3.05) is 5.32 Å². The van der Waals surface area contributed by atoms with Gasteiger partial charge in [-0.3, -0.25) is 19.1 Å². The largest absolute Gasteiger partial charge is 0.325 e. The van der Waals surface area contributed by atoms with E-state index in [2.05, 4.69) is 20.4 Å². The molecule has 0 unspecified atom stereocenters. The van der Waals surface area contributed by atoms with E-state index in [0.717, 1.165) is 11.3 Å². The maximum absolute atomic E-state index is 12.7. The number of benzene rings is 1. The molecule has 1 N–H and O–H groups in total. The molecule has 0 saturated carbocycles. The lowest BCUT2D eigenvalue weighted by Crippen LogP contribution is -2.23. The molecule has 0 aliphatic rings. The van der Waals surface area contributed by atoms with E-state index >= 15 is 0 Å². The molecule has 4 rings (SSSR count). The van der Waals surface area contributed by atoms with Gasteiger partial charge in [-0.2, -0.15) is 5.10 Å². The van der Waals surface area contributed by atoms with Crippen LogP contribution in [0.15, 0.2) is 66.1 Å². The molecule has 0 fully saturated rings. The Bertz CT molecular complexity index is 1180. The monoisotopic (exact) mass is 374 g/mol. The van der Waals surface area contributed by atoms with Crippen LogP contribution in [0.3, 0.4) is 0 Å². The lowest BCUT2D eigenvalue weighted by atomic mass is 10.2. The minimum atomic E-state index is -0.225. The number of nitrogens with zero attached hydrogens (tertiary/aromatic N) is 5. The predicted molar refractivity (Wildman–Crippen MR) is 105 cm³/mol. The molecule has 28 heavy (non-hydrogen) atoms. The predicted octanol–water partition coefficient (Wildman–Crippen LogP) is 2.31. The summed E-state index contributed by atoms with van der Waals surface area (Å²) in [6.07, 6.45) is 6.31. The van der Waals surface area contributed by atoms with Gasteiger partial charge in [0.1, 0.15) is 5.39 Å². The summed E-state index contributed by atoms with van der Waals surface area (Å²) in [5.41, 5.74) is 2.86. The summed E-state index contributed by atoms with van der Waals surface area (Å²) in [5, 5.41) is 7.46. The van der Waals surface area contributed by atoms with Crippen LogP contribution in [0, 0.1) is 6.92 Å². The van der Waals surface area contributed by atoms with Crippen molar-refractivity contribution < 1.29 is 4.79 Å². The van der Waals surface area contributed by atoms with E-state index in [4.69, 9.17) is 0 Å². The number of amides is 1. The number of carbonyl (C=O) groups is 1. The molecule has 0 aliphatic carbocycles. The minimum Gasteiger partial charge on any atom is -0.325 e. The van der Waals surface area contributed by atoms with Gasteiger partial charge in [0.2, 0.25) is 5.91 Å². The normalized spacial score (nSPS) is 10.9. The summed E-state index contributed by atoms with van der Waals surface area (Å²) < 4.78 is 3.06. The van der Waals surface area contributed by atoms with Crippen LogP contribution in [0.1, 0.15) is 12.0 Å². The van der Waals surface area contributed by atoms with Crippen molar-refractivity contribution in [3.8, 4) is 5.69 Å². The average molecular weight is 374 g/mol. The highest BCUT2D eigenvalue weighted by atomic mass is 16.2. The Morgan fingerprint density at radius 2 is 1.96 bits per heavy atom. The van der Waals surface area contributed by atoms with E-state index in [1.54, 1.807) is 29.2 Å². The Hall–Kier alpha value is -3.81. The first kappa shape index (κ1) is 17.6. The highest BCUT2D eigenvalue weighted by molar-refractivity contribution is 5.90. The Morgan fingerprint density at radius 3 is 2.71 bits per heavy atom. The summed E-state index contributed by atoms with van der Waals surface area (Å²) in [7, 11) is 0. The summed E-state index contributed by atoms with van der Waals surface area (Å²) in [6, 6.07) is 11.3. The Morgan fingerprint density at radius 1 is 1.14 bits per heavy atom. The van der Waals surface area contributed by atoms with Crippen molar-refractivity contribution in [3.63, 3.8) is 0 Å². The number of pyridine rings is 1. The third-order valence-electron chi connectivity index (χ3n) is 4.36. The first-order valence-electron chi connectivity index (χ1n) is 8.82. The van der Waals surface area contributed by atoms with Crippen LogP contribution in [0.5, 0.6) is 0 Å². The smallest absolute Gasteiger partial charge is 0.264 e. The maximum atomic E-state index is 12.7. The standard InChI is InChI=1S/C20H18N6O2/c1-14-4-6-16(7-5-14)26-19-17(12-23-26)20(28)25(13-22-19)10-8-18(27)24-15-3-2-9-21-11-15/h2-7,9,11-13H,8,10H2,1H3,(H,24,27). The van der Waals surface area contributed by atoms with Crippen molar-refractivity contribution in [2.24, 2.45) is 0 Å². The van der Waals surface area contributed by atoms with Crippen LogP contribution in [0.2, 0.25) is 0 Å². The third kappa shape index (κ3) is 3.52. The zero-order chi connectivity index (χ0) is 19.5. The molecule has 3 heterocycles. The zero-order valence-corrected chi connectivity index (χ0v) is 15.2. The fraction of sp³-hybridized carbons (Fsp3) is 0.150. The van der Waals surface area contributed by atoms with Crippen molar-refractivity contribution in [3.05, 3.63) is 77.2 Å². The number of hydrogen-bond acceptors (Lipinski definition) is 5. The van der Waals surface area contributed by atoms with Gasteiger partial charge >= 0.3 is 0 Å². The lowest BCUT2D eigenvalue weighted by molar-refractivity contribution is -0.116. The van der Waals surface area contributed by atoms with Gasteiger partial charge < -0.3 is 5.32 Å². The second-order valence-electron chi connectivity index (χ2n) is 6.41. The van der Waals surface area contributed by atoms with E-state index in [9.17, 15) is 9.59 Å². The average Bonchev–Trinajstić information content (AvgIpc) is 3.14. The van der Waals surface area contributed by atoms with E-state index < -0.39 is 0 Å². The fourth-order valence-electron chi connectivity index (χ4n) is 2.86. The Balaban J connectivity index is 1.53. The molecule has 1 amide bonds. The second-order valence-corrected chi connectivity index (χ2v) is 6.41. The van der Waals surface area contributed by atoms with Gasteiger partial charge in [0, 0.05) is 19.2 Å². The molecule has 8 nitrogen and oxygen atoms in total. The van der Waals surface area contributed by atoms with Crippen molar-refractivity contribution >= 4 is 22.6 Å². The number of aromatic nitrogens is 5. The molecule has 8 heteroatoms. The van der Waals surface area contributed by atoms with Crippen molar-refractivity contribution in [2.45, 2.75) is 19.9 Å². The molecule has 4 aromatic rings. The van der Waals surface area contributed by atoms with Crippen molar-refractivity contribution in [1.82, 2.24) is 24.3 Å². The number of fused-ring (bicyclic) bond motifs is 1. The van der Waals surface area contributed by atoms with Crippen LogP contribution in [0.4, 0.5) is 5.69 Å². The fourth-order valence-corrected chi connectivity index (χ4v) is 2.86. The number of hydrogen-bond donors (Lipinski definition) is 1. The summed E-state index contributed by atoms with van der Waals surface area (Å²) >= 11 is 0. The van der Waals surface area contributed by atoms with Gasteiger partial charge in [0.25, 0.3) is 5.56 Å². The SMILES string of the molecule is Cc1ccc(-n2ncc3c(=O)n(CCC(=O)Nc4cccnc4)cnc32)cc1. The molecule has 0 atom stereocenters. The molecule has 0 radical (unpaired) electrons. The Kier molecular flexibility index (Phi) is 4.67. The zero-order valence-electron chi connectivity index (χ0n) is 15.2. The summed E-state index contributed by atoms with van der Waals surface area (Å²) in [5.74, 6) is -0.199. The van der Waals surface area contributed by atoms with Gasteiger partial charge in [-0.15, -0.1) is 0 Å². The molecule has 3 aromatic heterocycles.